The van der Waals surface area contributed by atoms with Crippen molar-refractivity contribution in [3.8, 4) is 0 Å². The summed E-state index contributed by atoms with van der Waals surface area (Å²) in [6.45, 7) is 1.84. The van der Waals surface area contributed by atoms with E-state index in [2.05, 4.69) is 42.5 Å². The molecule has 5 heteroatoms. The van der Waals surface area contributed by atoms with Gasteiger partial charge in [-0.25, -0.2) is 0 Å². The van der Waals surface area contributed by atoms with E-state index in [0.717, 1.165) is 28.5 Å². The van der Waals surface area contributed by atoms with Crippen molar-refractivity contribution in [1.29, 1.82) is 0 Å². The van der Waals surface area contributed by atoms with Crippen LogP contribution in [-0.2, 0) is 0 Å². The van der Waals surface area contributed by atoms with Gasteiger partial charge in [0.15, 0.2) is 0 Å². The summed E-state index contributed by atoms with van der Waals surface area (Å²) in [7, 11) is 0. The number of amides is 1. The van der Waals surface area contributed by atoms with Crippen LogP contribution in [0.2, 0.25) is 0 Å². The van der Waals surface area contributed by atoms with E-state index in [1.54, 1.807) is 0 Å². The maximum absolute atomic E-state index is 11.9. The summed E-state index contributed by atoms with van der Waals surface area (Å²) >= 11 is 6.75. The van der Waals surface area contributed by atoms with Crippen LogP contribution >= 0.6 is 31.9 Å². The van der Waals surface area contributed by atoms with Crippen LogP contribution in [-0.4, -0.2) is 25.0 Å². The van der Waals surface area contributed by atoms with Gasteiger partial charge in [-0.3, -0.25) is 4.79 Å². The van der Waals surface area contributed by atoms with E-state index >= 15 is 0 Å². The lowest BCUT2D eigenvalue weighted by molar-refractivity contribution is 0.0939. The maximum Gasteiger partial charge on any atom is 0.252 e. The molecule has 1 aromatic rings. The molecule has 1 amide bonds. The number of carbonyl (C=O) groups is 1. The van der Waals surface area contributed by atoms with Crippen molar-refractivity contribution in [2.45, 2.75) is 12.5 Å². The second-order valence-electron chi connectivity index (χ2n) is 3.79. The summed E-state index contributed by atoms with van der Waals surface area (Å²) in [6, 6.07) is 5.81. The molecule has 0 saturated carbocycles. The highest BCUT2D eigenvalue weighted by atomic mass is 79.9. The summed E-state index contributed by atoms with van der Waals surface area (Å²) in [6.07, 6.45) is 1.000. The lowest BCUT2D eigenvalue weighted by Gasteiger charge is -2.12. The third-order valence-corrected chi connectivity index (χ3v) is 3.72. The maximum atomic E-state index is 11.9. The first-order valence-electron chi connectivity index (χ1n) is 5.13. The molecule has 1 aromatic carbocycles. The van der Waals surface area contributed by atoms with Gasteiger partial charge in [0.05, 0.1) is 5.56 Å². The quantitative estimate of drug-likeness (QED) is 0.861. The lowest BCUT2D eigenvalue weighted by atomic mass is 10.2. The van der Waals surface area contributed by atoms with Crippen LogP contribution in [0.4, 0.5) is 0 Å². The van der Waals surface area contributed by atoms with Crippen LogP contribution in [0, 0.1) is 0 Å². The molecule has 0 spiro atoms. The Kier molecular flexibility index (Phi) is 4.00. The average Bonchev–Trinajstić information content (AvgIpc) is 2.70. The monoisotopic (exact) mass is 346 g/mol. The van der Waals surface area contributed by atoms with Crippen molar-refractivity contribution >= 4 is 37.8 Å². The van der Waals surface area contributed by atoms with Crippen molar-refractivity contribution in [2.75, 3.05) is 13.1 Å². The van der Waals surface area contributed by atoms with Crippen molar-refractivity contribution in [3.05, 3.63) is 32.7 Å². The third kappa shape index (κ3) is 2.84. The molecule has 1 fully saturated rings. The predicted molar refractivity (Wildman–Crippen MR) is 70.6 cm³/mol. The number of nitrogens with one attached hydrogen (secondary N) is 2. The van der Waals surface area contributed by atoms with Crippen molar-refractivity contribution < 1.29 is 4.79 Å². The Morgan fingerprint density at radius 1 is 1.44 bits per heavy atom. The van der Waals surface area contributed by atoms with Gasteiger partial charge >= 0.3 is 0 Å². The minimum absolute atomic E-state index is 0.0203. The number of hydrogen-bond donors (Lipinski definition) is 2. The van der Waals surface area contributed by atoms with E-state index in [9.17, 15) is 4.79 Å². The molecule has 16 heavy (non-hydrogen) atoms. The molecule has 0 aliphatic carbocycles. The Hall–Kier alpha value is -0.390. The zero-order chi connectivity index (χ0) is 11.5. The van der Waals surface area contributed by atoms with Crippen LogP contribution in [0.5, 0.6) is 0 Å². The molecule has 86 valence electrons. The Balaban J connectivity index is 2.08. The Bertz CT molecular complexity index is 403. The zero-order valence-electron chi connectivity index (χ0n) is 8.59. The number of hydrogen-bond acceptors (Lipinski definition) is 2. The molecule has 1 saturated heterocycles. The van der Waals surface area contributed by atoms with Gasteiger partial charge in [0.2, 0.25) is 0 Å². The molecular formula is C11H12Br2N2O. The van der Waals surface area contributed by atoms with Crippen LogP contribution in [0.25, 0.3) is 0 Å². The summed E-state index contributed by atoms with van der Waals surface area (Å²) in [4.78, 5) is 11.9. The first-order chi connectivity index (χ1) is 7.66. The molecule has 1 aliphatic heterocycles. The van der Waals surface area contributed by atoms with Crippen molar-refractivity contribution in [3.63, 3.8) is 0 Å². The number of benzene rings is 1. The second-order valence-corrected chi connectivity index (χ2v) is 5.56. The molecule has 0 aromatic heterocycles. The molecule has 0 radical (unpaired) electrons. The van der Waals surface area contributed by atoms with Gasteiger partial charge in [0, 0.05) is 21.5 Å². The molecule has 1 heterocycles. The normalized spacial score (nSPS) is 19.8. The van der Waals surface area contributed by atoms with Crippen LogP contribution in [0.3, 0.4) is 0 Å². The molecule has 2 rings (SSSR count). The number of carbonyl (C=O) groups excluding carboxylic acids is 1. The van der Waals surface area contributed by atoms with E-state index in [0.29, 0.717) is 5.56 Å². The standard InChI is InChI=1S/C11H12Br2N2O/c12-7-1-2-9(10(13)5-7)11(16)15-8-3-4-14-6-8/h1-2,5,8,14H,3-4,6H2,(H,15,16)/t8-/m1/s1. The highest BCUT2D eigenvalue weighted by Gasteiger charge is 2.18. The average molecular weight is 348 g/mol. The minimum atomic E-state index is -0.0203. The predicted octanol–water partition coefficient (Wildman–Crippen LogP) is 2.30. The van der Waals surface area contributed by atoms with Gasteiger partial charge in [-0.1, -0.05) is 15.9 Å². The summed E-state index contributed by atoms with van der Waals surface area (Å²) in [5, 5.41) is 6.23. The highest BCUT2D eigenvalue weighted by molar-refractivity contribution is 9.11. The van der Waals surface area contributed by atoms with Crippen LogP contribution in [0.1, 0.15) is 16.8 Å². The molecule has 3 nitrogen and oxygen atoms in total. The smallest absolute Gasteiger partial charge is 0.252 e. The van der Waals surface area contributed by atoms with Gasteiger partial charge in [-0.2, -0.15) is 0 Å². The number of rotatable bonds is 2. The van der Waals surface area contributed by atoms with Crippen molar-refractivity contribution in [1.82, 2.24) is 10.6 Å². The van der Waals surface area contributed by atoms with Gasteiger partial charge in [0.25, 0.3) is 5.91 Å². The van der Waals surface area contributed by atoms with Crippen LogP contribution < -0.4 is 10.6 Å². The third-order valence-electron chi connectivity index (χ3n) is 2.57. The fraction of sp³-hybridized carbons (Fsp3) is 0.364. The van der Waals surface area contributed by atoms with E-state index in [1.165, 1.54) is 0 Å². The first-order valence-corrected chi connectivity index (χ1v) is 6.72. The molecular weight excluding hydrogens is 336 g/mol. The molecule has 1 aliphatic rings. The van der Waals surface area contributed by atoms with Gasteiger partial charge in [-0.05, 0) is 47.1 Å². The topological polar surface area (TPSA) is 41.1 Å². The molecule has 1 atom stereocenters. The van der Waals surface area contributed by atoms with E-state index < -0.39 is 0 Å². The van der Waals surface area contributed by atoms with E-state index in [1.807, 2.05) is 18.2 Å². The fourth-order valence-electron chi connectivity index (χ4n) is 1.71. The number of halogens is 2. The molecule has 2 N–H and O–H groups in total. The summed E-state index contributed by atoms with van der Waals surface area (Å²) in [5.74, 6) is -0.0203. The highest BCUT2D eigenvalue weighted by Crippen LogP contribution is 2.22. The van der Waals surface area contributed by atoms with E-state index in [4.69, 9.17) is 0 Å². The van der Waals surface area contributed by atoms with Crippen molar-refractivity contribution in [2.24, 2.45) is 0 Å². The fourth-order valence-corrected chi connectivity index (χ4v) is 2.94. The van der Waals surface area contributed by atoms with Gasteiger partial charge in [-0.15, -0.1) is 0 Å². The van der Waals surface area contributed by atoms with Gasteiger partial charge < -0.3 is 10.6 Å². The lowest BCUT2D eigenvalue weighted by Crippen LogP contribution is -2.36. The summed E-state index contributed by atoms with van der Waals surface area (Å²) in [5.41, 5.74) is 0.676. The Morgan fingerprint density at radius 3 is 2.88 bits per heavy atom. The SMILES string of the molecule is O=C(N[C@@H]1CCNC1)c1ccc(Br)cc1Br. The molecule has 0 bridgehead atoms. The minimum Gasteiger partial charge on any atom is -0.348 e. The zero-order valence-corrected chi connectivity index (χ0v) is 11.8. The molecule has 0 unspecified atom stereocenters. The largest absolute Gasteiger partial charge is 0.348 e. The van der Waals surface area contributed by atoms with Gasteiger partial charge in [0.1, 0.15) is 0 Å². The second kappa shape index (κ2) is 5.29. The van der Waals surface area contributed by atoms with E-state index in [-0.39, 0.29) is 11.9 Å². The first kappa shape index (κ1) is 12.1. The van der Waals surface area contributed by atoms with Crippen LogP contribution in [0.15, 0.2) is 27.1 Å². The Labute approximate surface area is 111 Å². The Morgan fingerprint density at radius 2 is 2.25 bits per heavy atom. The summed E-state index contributed by atoms with van der Waals surface area (Å²) < 4.78 is 1.77.